The SMILES string of the molecule is CCn1c(C)nc2c1c(=O)n(C)c(=O)n2C. The maximum Gasteiger partial charge on any atom is 0.332 e. The van der Waals surface area contributed by atoms with Gasteiger partial charge in [0, 0.05) is 20.6 Å². The van der Waals surface area contributed by atoms with Gasteiger partial charge in [-0.15, -0.1) is 0 Å². The van der Waals surface area contributed by atoms with Gasteiger partial charge in [-0.3, -0.25) is 13.9 Å². The monoisotopic (exact) mass is 222 g/mol. The Labute approximate surface area is 91.8 Å². The van der Waals surface area contributed by atoms with Crippen LogP contribution in [0.1, 0.15) is 12.7 Å². The highest BCUT2D eigenvalue weighted by Gasteiger charge is 2.15. The fraction of sp³-hybridized carbons (Fsp3) is 0.500. The van der Waals surface area contributed by atoms with E-state index in [-0.39, 0.29) is 11.2 Å². The highest BCUT2D eigenvalue weighted by Crippen LogP contribution is 2.09. The summed E-state index contributed by atoms with van der Waals surface area (Å²) >= 11 is 0. The first kappa shape index (κ1) is 10.7. The molecule has 0 fully saturated rings. The molecule has 0 spiro atoms. The average Bonchev–Trinajstić information content (AvgIpc) is 2.60. The summed E-state index contributed by atoms with van der Waals surface area (Å²) in [6, 6.07) is 0. The van der Waals surface area contributed by atoms with Gasteiger partial charge in [-0.1, -0.05) is 0 Å². The molecule has 2 aromatic rings. The fourth-order valence-corrected chi connectivity index (χ4v) is 1.94. The van der Waals surface area contributed by atoms with E-state index in [1.807, 2.05) is 18.4 Å². The van der Waals surface area contributed by atoms with Crippen molar-refractivity contribution in [1.29, 1.82) is 0 Å². The zero-order valence-corrected chi connectivity index (χ0v) is 9.81. The molecule has 0 atom stereocenters. The number of aryl methyl sites for hydroxylation is 3. The van der Waals surface area contributed by atoms with E-state index in [0.717, 1.165) is 10.4 Å². The van der Waals surface area contributed by atoms with Crippen LogP contribution in [0.4, 0.5) is 0 Å². The van der Waals surface area contributed by atoms with E-state index in [1.54, 1.807) is 7.05 Å². The van der Waals surface area contributed by atoms with E-state index in [9.17, 15) is 9.59 Å². The minimum Gasteiger partial charge on any atom is -0.323 e. The maximum absolute atomic E-state index is 12.0. The van der Waals surface area contributed by atoms with Crippen molar-refractivity contribution in [3.8, 4) is 0 Å². The molecular weight excluding hydrogens is 208 g/mol. The lowest BCUT2D eigenvalue weighted by atomic mass is 10.5. The van der Waals surface area contributed by atoms with E-state index in [2.05, 4.69) is 4.98 Å². The van der Waals surface area contributed by atoms with Crippen LogP contribution in [-0.2, 0) is 20.6 Å². The summed E-state index contributed by atoms with van der Waals surface area (Å²) in [5.41, 5.74) is 0.302. The second kappa shape index (κ2) is 3.33. The lowest BCUT2D eigenvalue weighted by Crippen LogP contribution is -2.37. The lowest BCUT2D eigenvalue weighted by molar-refractivity contribution is 0.697. The fourth-order valence-electron chi connectivity index (χ4n) is 1.94. The standard InChI is InChI=1S/C10H14N4O2/c1-5-14-6(2)11-8-7(14)9(15)13(4)10(16)12(8)3/h5H2,1-4H3. The Balaban J connectivity index is 3.15. The minimum atomic E-state index is -0.349. The van der Waals surface area contributed by atoms with Crippen molar-refractivity contribution in [3.05, 3.63) is 26.7 Å². The Morgan fingerprint density at radius 1 is 1.19 bits per heavy atom. The van der Waals surface area contributed by atoms with Crippen molar-refractivity contribution in [2.45, 2.75) is 20.4 Å². The second-order valence-electron chi connectivity index (χ2n) is 3.78. The molecule has 0 aliphatic heterocycles. The normalized spacial score (nSPS) is 11.2. The molecule has 0 amide bonds. The van der Waals surface area contributed by atoms with Gasteiger partial charge < -0.3 is 4.57 Å². The summed E-state index contributed by atoms with van der Waals surface area (Å²) in [7, 11) is 3.10. The molecule has 2 heterocycles. The van der Waals surface area contributed by atoms with Gasteiger partial charge >= 0.3 is 5.69 Å². The molecule has 0 unspecified atom stereocenters. The second-order valence-corrected chi connectivity index (χ2v) is 3.78. The van der Waals surface area contributed by atoms with Crippen LogP contribution in [-0.4, -0.2) is 18.7 Å². The molecule has 2 rings (SSSR count). The van der Waals surface area contributed by atoms with Crippen molar-refractivity contribution in [2.75, 3.05) is 0 Å². The van der Waals surface area contributed by atoms with Crippen molar-refractivity contribution < 1.29 is 0 Å². The molecule has 86 valence electrons. The Morgan fingerprint density at radius 2 is 1.81 bits per heavy atom. The zero-order chi connectivity index (χ0) is 12.0. The highest BCUT2D eigenvalue weighted by atomic mass is 16.2. The minimum absolute atomic E-state index is 0.291. The van der Waals surface area contributed by atoms with Crippen LogP contribution in [0, 0.1) is 6.92 Å². The Hall–Kier alpha value is -1.85. The van der Waals surface area contributed by atoms with Crippen molar-refractivity contribution in [1.82, 2.24) is 18.7 Å². The molecule has 6 heteroatoms. The van der Waals surface area contributed by atoms with Gasteiger partial charge in [-0.25, -0.2) is 9.78 Å². The number of hydrogen-bond acceptors (Lipinski definition) is 3. The van der Waals surface area contributed by atoms with Crippen LogP contribution >= 0.6 is 0 Å². The van der Waals surface area contributed by atoms with Gasteiger partial charge in [0.25, 0.3) is 5.56 Å². The molecule has 0 radical (unpaired) electrons. The third-order valence-corrected chi connectivity index (χ3v) is 2.86. The van der Waals surface area contributed by atoms with Crippen LogP contribution in [0.25, 0.3) is 11.2 Å². The van der Waals surface area contributed by atoms with Crippen molar-refractivity contribution in [3.63, 3.8) is 0 Å². The molecule has 0 aliphatic rings. The third-order valence-electron chi connectivity index (χ3n) is 2.86. The van der Waals surface area contributed by atoms with Crippen LogP contribution in [0.2, 0.25) is 0 Å². The van der Waals surface area contributed by atoms with E-state index >= 15 is 0 Å². The first-order chi connectivity index (χ1) is 7.49. The van der Waals surface area contributed by atoms with Gasteiger partial charge in [0.05, 0.1) is 0 Å². The smallest absolute Gasteiger partial charge is 0.323 e. The number of fused-ring (bicyclic) bond motifs is 1. The summed E-state index contributed by atoms with van der Waals surface area (Å²) < 4.78 is 4.32. The molecule has 6 nitrogen and oxygen atoms in total. The van der Waals surface area contributed by atoms with Gasteiger partial charge in [-0.2, -0.15) is 0 Å². The predicted molar refractivity (Wildman–Crippen MR) is 60.6 cm³/mol. The summed E-state index contributed by atoms with van der Waals surface area (Å²) in [6.45, 7) is 4.43. The van der Waals surface area contributed by atoms with Gasteiger partial charge in [0.15, 0.2) is 11.2 Å². The highest BCUT2D eigenvalue weighted by molar-refractivity contribution is 5.70. The molecule has 0 saturated heterocycles. The number of imidazole rings is 1. The lowest BCUT2D eigenvalue weighted by Gasteiger charge is -2.04. The number of aromatic nitrogens is 4. The van der Waals surface area contributed by atoms with Gasteiger partial charge in [0.2, 0.25) is 0 Å². The topological polar surface area (TPSA) is 61.8 Å². The van der Waals surface area contributed by atoms with E-state index in [4.69, 9.17) is 0 Å². The predicted octanol–water partition coefficient (Wildman–Crippen LogP) is -0.238. The Morgan fingerprint density at radius 3 is 2.38 bits per heavy atom. The van der Waals surface area contributed by atoms with Crippen LogP contribution in [0.5, 0.6) is 0 Å². The first-order valence-corrected chi connectivity index (χ1v) is 5.11. The molecule has 2 aromatic heterocycles. The van der Waals surface area contributed by atoms with Crippen LogP contribution in [0.3, 0.4) is 0 Å². The molecule has 16 heavy (non-hydrogen) atoms. The van der Waals surface area contributed by atoms with E-state index in [0.29, 0.717) is 17.7 Å². The summed E-state index contributed by atoms with van der Waals surface area (Å²) in [6.07, 6.45) is 0. The number of rotatable bonds is 1. The average molecular weight is 222 g/mol. The molecule has 0 saturated carbocycles. The molecule has 0 aromatic carbocycles. The van der Waals surface area contributed by atoms with Crippen molar-refractivity contribution in [2.24, 2.45) is 14.1 Å². The van der Waals surface area contributed by atoms with Gasteiger partial charge in [-0.05, 0) is 13.8 Å². The third kappa shape index (κ3) is 1.16. The molecule has 0 bridgehead atoms. The van der Waals surface area contributed by atoms with Crippen LogP contribution < -0.4 is 11.2 Å². The summed E-state index contributed by atoms with van der Waals surface area (Å²) in [4.78, 5) is 27.9. The quantitative estimate of drug-likeness (QED) is 0.669. The molecular formula is C10H14N4O2. The maximum atomic E-state index is 12.0. The number of hydrogen-bond donors (Lipinski definition) is 0. The zero-order valence-electron chi connectivity index (χ0n) is 9.81. The largest absolute Gasteiger partial charge is 0.332 e. The van der Waals surface area contributed by atoms with Crippen LogP contribution in [0.15, 0.2) is 9.59 Å². The van der Waals surface area contributed by atoms with Gasteiger partial charge in [0.1, 0.15) is 5.82 Å². The molecule has 0 aliphatic carbocycles. The van der Waals surface area contributed by atoms with E-state index < -0.39 is 0 Å². The molecule has 0 N–H and O–H groups in total. The van der Waals surface area contributed by atoms with Crippen molar-refractivity contribution >= 4 is 11.2 Å². The Kier molecular flexibility index (Phi) is 2.22. The van der Waals surface area contributed by atoms with E-state index in [1.165, 1.54) is 11.6 Å². The number of nitrogens with zero attached hydrogens (tertiary/aromatic N) is 4. The first-order valence-electron chi connectivity index (χ1n) is 5.11. The Bertz CT molecular complexity index is 675. The summed E-state index contributed by atoms with van der Waals surface area (Å²) in [5.74, 6) is 0.746. The summed E-state index contributed by atoms with van der Waals surface area (Å²) in [5, 5.41) is 0.